The van der Waals surface area contributed by atoms with Crippen LogP contribution in [0, 0.1) is 13.8 Å². The lowest BCUT2D eigenvalue weighted by molar-refractivity contribution is 0.604. The van der Waals surface area contributed by atoms with E-state index in [0.717, 1.165) is 33.3 Å². The summed E-state index contributed by atoms with van der Waals surface area (Å²) in [5.41, 5.74) is 5.43. The maximum atomic E-state index is 13.2. The van der Waals surface area contributed by atoms with Crippen molar-refractivity contribution in [3.8, 4) is 0 Å². The van der Waals surface area contributed by atoms with Crippen LogP contribution < -0.4 is 0 Å². The fraction of sp³-hybridized carbons (Fsp3) is 0.0833. The van der Waals surface area contributed by atoms with Gasteiger partial charge in [0.05, 0.1) is 4.90 Å². The van der Waals surface area contributed by atoms with Gasteiger partial charge in [-0.15, -0.1) is 0 Å². The minimum atomic E-state index is -3.61. The van der Waals surface area contributed by atoms with E-state index in [1.807, 2.05) is 80.6 Å². The van der Waals surface area contributed by atoms with Crippen LogP contribution in [0.25, 0.3) is 16.5 Å². The summed E-state index contributed by atoms with van der Waals surface area (Å²) in [7, 11) is -3.61. The molecule has 0 aliphatic rings. The third kappa shape index (κ3) is 3.39. The SMILES string of the molecule is Cc1ccc(S(=O)(=O)/C=C(/c2ccccc2)c2c(C)[nH]c3ccccc23)cc1. The highest BCUT2D eigenvalue weighted by Crippen LogP contribution is 2.34. The molecule has 3 aromatic carbocycles. The van der Waals surface area contributed by atoms with E-state index >= 15 is 0 Å². The first-order chi connectivity index (χ1) is 13.5. The smallest absolute Gasteiger partial charge is 0.200 e. The van der Waals surface area contributed by atoms with Crippen molar-refractivity contribution in [2.75, 3.05) is 0 Å². The van der Waals surface area contributed by atoms with E-state index in [4.69, 9.17) is 0 Å². The van der Waals surface area contributed by atoms with E-state index in [1.165, 1.54) is 5.41 Å². The van der Waals surface area contributed by atoms with Gasteiger partial charge in [0, 0.05) is 33.1 Å². The highest BCUT2D eigenvalue weighted by Gasteiger charge is 2.19. The molecule has 140 valence electrons. The Bertz CT molecular complexity index is 1270. The van der Waals surface area contributed by atoms with Crippen molar-refractivity contribution < 1.29 is 8.42 Å². The molecule has 0 saturated heterocycles. The normalized spacial score (nSPS) is 12.4. The van der Waals surface area contributed by atoms with Crippen LogP contribution in [0.4, 0.5) is 0 Å². The van der Waals surface area contributed by atoms with Crippen molar-refractivity contribution >= 4 is 26.3 Å². The summed E-state index contributed by atoms with van der Waals surface area (Å²) in [6, 6.07) is 24.6. The summed E-state index contributed by atoms with van der Waals surface area (Å²) in [6.07, 6.45) is 0. The lowest BCUT2D eigenvalue weighted by Gasteiger charge is -2.10. The zero-order valence-electron chi connectivity index (χ0n) is 15.8. The first kappa shape index (κ1) is 18.3. The van der Waals surface area contributed by atoms with Gasteiger partial charge in [-0.1, -0.05) is 66.2 Å². The number of benzene rings is 3. The molecule has 0 radical (unpaired) electrons. The summed E-state index contributed by atoms with van der Waals surface area (Å²) in [5, 5.41) is 2.41. The number of rotatable bonds is 4. The van der Waals surface area contributed by atoms with Gasteiger partial charge in [-0.2, -0.15) is 0 Å². The maximum Gasteiger partial charge on any atom is 0.200 e. The number of hydrogen-bond acceptors (Lipinski definition) is 2. The fourth-order valence-corrected chi connectivity index (χ4v) is 4.68. The minimum absolute atomic E-state index is 0.295. The summed E-state index contributed by atoms with van der Waals surface area (Å²) in [6.45, 7) is 3.92. The topological polar surface area (TPSA) is 49.9 Å². The molecule has 3 nitrogen and oxygen atoms in total. The molecule has 0 atom stereocenters. The Morgan fingerprint density at radius 2 is 1.46 bits per heavy atom. The lowest BCUT2D eigenvalue weighted by atomic mass is 9.97. The molecule has 0 spiro atoms. The van der Waals surface area contributed by atoms with E-state index < -0.39 is 9.84 Å². The summed E-state index contributed by atoms with van der Waals surface area (Å²) in [4.78, 5) is 3.67. The van der Waals surface area contributed by atoms with Gasteiger partial charge in [-0.05, 0) is 37.6 Å². The van der Waals surface area contributed by atoms with Crippen molar-refractivity contribution in [2.24, 2.45) is 0 Å². The van der Waals surface area contributed by atoms with E-state index in [0.29, 0.717) is 10.5 Å². The van der Waals surface area contributed by atoms with Crippen LogP contribution in [0.1, 0.15) is 22.4 Å². The Labute approximate surface area is 165 Å². The van der Waals surface area contributed by atoms with Gasteiger partial charge in [0.15, 0.2) is 9.84 Å². The zero-order chi connectivity index (χ0) is 19.7. The van der Waals surface area contributed by atoms with E-state index in [9.17, 15) is 8.42 Å². The molecule has 0 aliphatic heterocycles. The van der Waals surface area contributed by atoms with E-state index in [2.05, 4.69) is 4.98 Å². The van der Waals surface area contributed by atoms with Crippen molar-refractivity contribution in [2.45, 2.75) is 18.7 Å². The molecule has 0 fully saturated rings. The molecular weight excluding hydrogens is 366 g/mol. The Hall–Kier alpha value is -3.11. The molecule has 1 heterocycles. The van der Waals surface area contributed by atoms with Gasteiger partial charge in [0.1, 0.15) is 0 Å². The van der Waals surface area contributed by atoms with E-state index in [-0.39, 0.29) is 0 Å². The highest BCUT2D eigenvalue weighted by atomic mass is 32.2. The first-order valence-electron chi connectivity index (χ1n) is 9.12. The molecule has 4 heteroatoms. The van der Waals surface area contributed by atoms with Gasteiger partial charge in [0.25, 0.3) is 0 Å². The van der Waals surface area contributed by atoms with E-state index in [1.54, 1.807) is 12.1 Å². The van der Waals surface area contributed by atoms with Crippen LogP contribution in [0.15, 0.2) is 89.2 Å². The number of aryl methyl sites for hydroxylation is 2. The second kappa shape index (κ2) is 7.13. The number of aromatic amines is 1. The number of H-pyrrole nitrogens is 1. The lowest BCUT2D eigenvalue weighted by Crippen LogP contribution is -2.00. The Morgan fingerprint density at radius 1 is 0.821 bits per heavy atom. The number of aromatic nitrogens is 1. The highest BCUT2D eigenvalue weighted by molar-refractivity contribution is 7.94. The van der Waals surface area contributed by atoms with Gasteiger partial charge in [-0.3, -0.25) is 0 Å². The van der Waals surface area contributed by atoms with Crippen LogP contribution >= 0.6 is 0 Å². The molecule has 0 saturated carbocycles. The number of nitrogens with one attached hydrogen (secondary N) is 1. The van der Waals surface area contributed by atoms with Crippen LogP contribution in [0.5, 0.6) is 0 Å². The molecule has 1 N–H and O–H groups in total. The molecule has 4 rings (SSSR count). The molecule has 0 aliphatic carbocycles. The van der Waals surface area contributed by atoms with Crippen LogP contribution in [-0.4, -0.2) is 13.4 Å². The van der Waals surface area contributed by atoms with Crippen LogP contribution in [0.2, 0.25) is 0 Å². The second-order valence-corrected chi connectivity index (χ2v) is 8.72. The van der Waals surface area contributed by atoms with Crippen molar-refractivity contribution in [3.05, 3.63) is 107 Å². The standard InChI is InChI=1S/C24H21NO2S/c1-17-12-14-20(15-13-17)28(26,27)16-22(19-8-4-3-5-9-19)24-18(2)25-23-11-7-6-10-21(23)24/h3-16,25H,1-2H3/b22-16-. The number of fused-ring (bicyclic) bond motifs is 1. The van der Waals surface area contributed by atoms with Crippen LogP contribution in [-0.2, 0) is 9.84 Å². The molecule has 0 unspecified atom stereocenters. The number of para-hydroxylation sites is 1. The Morgan fingerprint density at radius 3 is 2.18 bits per heavy atom. The average molecular weight is 388 g/mol. The predicted octanol–water partition coefficient (Wildman–Crippen LogP) is 5.65. The van der Waals surface area contributed by atoms with Gasteiger partial charge in [0.2, 0.25) is 0 Å². The minimum Gasteiger partial charge on any atom is -0.358 e. The molecule has 4 aromatic rings. The average Bonchev–Trinajstić information content (AvgIpc) is 3.03. The van der Waals surface area contributed by atoms with Gasteiger partial charge in [-0.25, -0.2) is 8.42 Å². The van der Waals surface area contributed by atoms with Crippen molar-refractivity contribution in [1.29, 1.82) is 0 Å². The fourth-order valence-electron chi connectivity index (χ4n) is 3.46. The van der Waals surface area contributed by atoms with Crippen molar-refractivity contribution in [3.63, 3.8) is 0 Å². The molecule has 28 heavy (non-hydrogen) atoms. The Balaban J connectivity index is 1.98. The quantitative estimate of drug-likeness (QED) is 0.492. The largest absolute Gasteiger partial charge is 0.358 e. The number of sulfone groups is 1. The Kier molecular flexibility index (Phi) is 4.65. The second-order valence-electron chi connectivity index (χ2n) is 6.93. The summed E-state index contributed by atoms with van der Waals surface area (Å²) >= 11 is 0. The first-order valence-corrected chi connectivity index (χ1v) is 10.7. The zero-order valence-corrected chi connectivity index (χ0v) is 16.6. The summed E-state index contributed by atoms with van der Waals surface area (Å²) in [5.74, 6) is 0. The monoisotopic (exact) mass is 387 g/mol. The third-order valence-corrected chi connectivity index (χ3v) is 6.35. The maximum absolute atomic E-state index is 13.2. The molecular formula is C24H21NO2S. The molecule has 1 aromatic heterocycles. The van der Waals surface area contributed by atoms with Gasteiger partial charge >= 0.3 is 0 Å². The summed E-state index contributed by atoms with van der Waals surface area (Å²) < 4.78 is 26.4. The third-order valence-electron chi connectivity index (χ3n) is 4.87. The predicted molar refractivity (Wildman–Crippen MR) is 115 cm³/mol. The number of hydrogen-bond donors (Lipinski definition) is 1. The molecule has 0 amide bonds. The van der Waals surface area contributed by atoms with Crippen LogP contribution in [0.3, 0.4) is 0 Å². The van der Waals surface area contributed by atoms with Gasteiger partial charge < -0.3 is 4.98 Å². The van der Waals surface area contributed by atoms with Crippen molar-refractivity contribution in [1.82, 2.24) is 4.98 Å². The molecule has 0 bridgehead atoms.